The van der Waals surface area contributed by atoms with Crippen LogP contribution in [0.2, 0.25) is 0 Å². The van der Waals surface area contributed by atoms with Gasteiger partial charge in [0.05, 0.1) is 6.04 Å². The van der Waals surface area contributed by atoms with E-state index in [0.29, 0.717) is 6.54 Å². The molecule has 0 radical (unpaired) electrons. The number of rotatable bonds is 3. The molecule has 3 N–H and O–H groups in total. The van der Waals surface area contributed by atoms with Crippen molar-refractivity contribution in [1.29, 1.82) is 0 Å². The molecule has 1 atom stereocenters. The van der Waals surface area contributed by atoms with E-state index in [9.17, 15) is 4.79 Å². The van der Waals surface area contributed by atoms with Crippen molar-refractivity contribution in [3.8, 4) is 0 Å². The molecule has 20 heavy (non-hydrogen) atoms. The summed E-state index contributed by atoms with van der Waals surface area (Å²) in [6.45, 7) is 3.41. The molecule has 1 saturated heterocycles. The summed E-state index contributed by atoms with van der Waals surface area (Å²) in [6.07, 6.45) is 4.84. The summed E-state index contributed by atoms with van der Waals surface area (Å²) in [7, 11) is 0. The third-order valence-electron chi connectivity index (χ3n) is 3.74. The largest absolute Gasteiger partial charge is 0.355 e. The third-order valence-corrected chi connectivity index (χ3v) is 3.74. The van der Waals surface area contributed by atoms with Crippen molar-refractivity contribution >= 4 is 16.9 Å². The molecule has 106 valence electrons. The summed E-state index contributed by atoms with van der Waals surface area (Å²) < 4.78 is 0. The maximum absolute atomic E-state index is 11.9. The molecule has 0 spiro atoms. The monoisotopic (exact) mass is 273 g/mol. The third kappa shape index (κ3) is 2.65. The number of carbonyl (C=O) groups is 1. The summed E-state index contributed by atoms with van der Waals surface area (Å²) >= 11 is 0. The Labute approximate surface area is 117 Å². The number of aryl methyl sites for hydroxylation is 1. The van der Waals surface area contributed by atoms with Gasteiger partial charge in [-0.3, -0.25) is 9.89 Å². The molecule has 6 nitrogen and oxygen atoms in total. The van der Waals surface area contributed by atoms with E-state index in [1.807, 2.05) is 13.1 Å². The number of aromatic nitrogens is 3. The number of hydrogen-bond acceptors (Lipinski definition) is 4. The molecule has 0 aliphatic carbocycles. The van der Waals surface area contributed by atoms with Gasteiger partial charge in [-0.15, -0.1) is 0 Å². The van der Waals surface area contributed by atoms with Crippen LogP contribution in [0, 0.1) is 6.92 Å². The molecule has 0 bridgehead atoms. The second kappa shape index (κ2) is 5.58. The van der Waals surface area contributed by atoms with Gasteiger partial charge in [-0.1, -0.05) is 0 Å². The van der Waals surface area contributed by atoms with E-state index < -0.39 is 0 Å². The Morgan fingerprint density at radius 3 is 3.25 bits per heavy atom. The van der Waals surface area contributed by atoms with Crippen LogP contribution >= 0.6 is 0 Å². The second-order valence-corrected chi connectivity index (χ2v) is 5.28. The predicted molar refractivity (Wildman–Crippen MR) is 76.1 cm³/mol. The summed E-state index contributed by atoms with van der Waals surface area (Å²) in [5.41, 5.74) is 2.82. The highest BCUT2D eigenvalue weighted by molar-refractivity contribution is 5.82. The number of pyridine rings is 1. The van der Waals surface area contributed by atoms with Crippen LogP contribution in [0.1, 0.15) is 30.5 Å². The number of hydrogen-bond donors (Lipinski definition) is 3. The zero-order valence-electron chi connectivity index (χ0n) is 11.6. The summed E-state index contributed by atoms with van der Waals surface area (Å²) in [6, 6.07) is 1.97. The van der Waals surface area contributed by atoms with E-state index in [4.69, 9.17) is 0 Å². The van der Waals surface area contributed by atoms with Crippen molar-refractivity contribution in [3.63, 3.8) is 0 Å². The van der Waals surface area contributed by atoms with Gasteiger partial charge in [-0.2, -0.15) is 5.10 Å². The molecule has 0 unspecified atom stereocenters. The Bertz CT molecular complexity index is 621. The predicted octanol–water partition coefficient (Wildman–Crippen LogP) is 1.02. The first-order valence-corrected chi connectivity index (χ1v) is 7.05. The minimum absolute atomic E-state index is 0.0985. The van der Waals surface area contributed by atoms with Gasteiger partial charge in [0.25, 0.3) is 0 Å². The molecular formula is C14H19N5O. The highest BCUT2D eigenvalue weighted by Crippen LogP contribution is 2.14. The fourth-order valence-electron chi connectivity index (χ4n) is 2.53. The molecular weight excluding hydrogens is 254 g/mol. The van der Waals surface area contributed by atoms with E-state index >= 15 is 0 Å². The lowest BCUT2D eigenvalue weighted by Crippen LogP contribution is -2.42. The maximum Gasteiger partial charge on any atom is 0.237 e. The van der Waals surface area contributed by atoms with Crippen LogP contribution in [0.15, 0.2) is 12.3 Å². The van der Waals surface area contributed by atoms with Gasteiger partial charge >= 0.3 is 0 Å². The molecule has 1 aliphatic heterocycles. The van der Waals surface area contributed by atoms with Crippen molar-refractivity contribution in [2.45, 2.75) is 38.8 Å². The van der Waals surface area contributed by atoms with E-state index in [1.54, 1.807) is 0 Å². The van der Waals surface area contributed by atoms with Crippen molar-refractivity contribution in [1.82, 2.24) is 25.8 Å². The van der Waals surface area contributed by atoms with Crippen LogP contribution in [0.3, 0.4) is 0 Å². The van der Waals surface area contributed by atoms with Crippen LogP contribution in [-0.4, -0.2) is 33.7 Å². The molecule has 3 rings (SSSR count). The number of aromatic amines is 1. The van der Waals surface area contributed by atoms with E-state index in [1.165, 1.54) is 0 Å². The van der Waals surface area contributed by atoms with E-state index in [-0.39, 0.29) is 11.9 Å². The lowest BCUT2D eigenvalue weighted by atomic mass is 10.1. The first-order chi connectivity index (χ1) is 9.74. The van der Waals surface area contributed by atoms with Gasteiger partial charge in [0.1, 0.15) is 0 Å². The molecule has 6 heteroatoms. The molecule has 1 amide bonds. The van der Waals surface area contributed by atoms with E-state index in [2.05, 4.69) is 31.9 Å². The Morgan fingerprint density at radius 1 is 1.45 bits per heavy atom. The molecule has 0 saturated carbocycles. The zero-order chi connectivity index (χ0) is 13.9. The van der Waals surface area contributed by atoms with Gasteiger partial charge < -0.3 is 10.6 Å². The average Bonchev–Trinajstić information content (AvgIpc) is 2.69. The van der Waals surface area contributed by atoms with Gasteiger partial charge in [0.2, 0.25) is 5.91 Å². The number of H-pyrrole nitrogens is 1. The Kier molecular flexibility index (Phi) is 3.64. The van der Waals surface area contributed by atoms with Crippen LogP contribution in [-0.2, 0) is 11.3 Å². The van der Waals surface area contributed by atoms with Crippen molar-refractivity contribution in [2.75, 3.05) is 6.54 Å². The van der Waals surface area contributed by atoms with Gasteiger partial charge in [-0.25, -0.2) is 4.98 Å². The molecule has 2 aromatic rings. The first kappa shape index (κ1) is 13.1. The highest BCUT2D eigenvalue weighted by atomic mass is 16.2. The fourth-order valence-corrected chi connectivity index (χ4v) is 2.53. The summed E-state index contributed by atoms with van der Waals surface area (Å²) in [4.78, 5) is 16.2. The van der Waals surface area contributed by atoms with Crippen LogP contribution in [0.25, 0.3) is 11.0 Å². The maximum atomic E-state index is 11.9. The van der Waals surface area contributed by atoms with Gasteiger partial charge in [0, 0.05) is 30.4 Å². The van der Waals surface area contributed by atoms with Crippen molar-refractivity contribution in [2.24, 2.45) is 0 Å². The van der Waals surface area contributed by atoms with Gasteiger partial charge in [0.15, 0.2) is 5.65 Å². The second-order valence-electron chi connectivity index (χ2n) is 5.28. The number of fused-ring (bicyclic) bond motifs is 1. The lowest BCUT2D eigenvalue weighted by molar-refractivity contribution is -0.122. The average molecular weight is 273 g/mol. The molecule has 3 heterocycles. The topological polar surface area (TPSA) is 82.7 Å². The normalized spacial score (nSPS) is 19.9. The van der Waals surface area contributed by atoms with Gasteiger partial charge in [-0.05, 0) is 37.8 Å². The Morgan fingerprint density at radius 2 is 2.35 bits per heavy atom. The summed E-state index contributed by atoms with van der Waals surface area (Å²) in [5.74, 6) is 0.107. The number of amides is 1. The fraction of sp³-hybridized carbons (Fsp3) is 0.500. The summed E-state index contributed by atoms with van der Waals surface area (Å²) in [5, 5.41) is 14.3. The first-order valence-electron chi connectivity index (χ1n) is 7.05. The minimum Gasteiger partial charge on any atom is -0.355 e. The SMILES string of the molecule is Cc1[nH]nc2ncc(CN[C@@H]3CCCCNC3=O)cc12. The lowest BCUT2D eigenvalue weighted by Gasteiger charge is -2.15. The Hall–Kier alpha value is -1.95. The van der Waals surface area contributed by atoms with Crippen molar-refractivity contribution < 1.29 is 4.79 Å². The van der Waals surface area contributed by atoms with Crippen LogP contribution in [0.5, 0.6) is 0 Å². The zero-order valence-corrected chi connectivity index (χ0v) is 11.6. The van der Waals surface area contributed by atoms with E-state index in [0.717, 1.165) is 48.1 Å². The van der Waals surface area contributed by atoms with Crippen molar-refractivity contribution in [3.05, 3.63) is 23.5 Å². The minimum atomic E-state index is -0.0985. The molecule has 1 fully saturated rings. The number of nitrogens with zero attached hydrogens (tertiary/aromatic N) is 2. The molecule has 1 aliphatic rings. The van der Waals surface area contributed by atoms with Crippen LogP contribution in [0.4, 0.5) is 0 Å². The Balaban J connectivity index is 1.69. The quantitative estimate of drug-likeness (QED) is 0.780. The molecule has 0 aromatic carbocycles. The molecule has 2 aromatic heterocycles. The number of carbonyl (C=O) groups excluding carboxylic acids is 1. The van der Waals surface area contributed by atoms with Crippen LogP contribution < -0.4 is 10.6 Å². The highest BCUT2D eigenvalue weighted by Gasteiger charge is 2.19. The smallest absolute Gasteiger partial charge is 0.237 e. The number of nitrogens with one attached hydrogen (secondary N) is 3. The standard InChI is InChI=1S/C14H19N5O/c1-9-11-6-10(8-17-13(11)19-18-9)7-16-12-4-2-3-5-15-14(12)20/h6,8,12,16H,2-5,7H2,1H3,(H,15,20)(H,17,18,19)/t12-/m1/s1.